The zero-order valence-electron chi connectivity index (χ0n) is 26.9. The van der Waals surface area contributed by atoms with E-state index in [9.17, 15) is 0 Å². The number of allylic oxidation sites excluding steroid dienone is 2. The molecule has 0 spiro atoms. The summed E-state index contributed by atoms with van der Waals surface area (Å²) in [6.07, 6.45) is 18.5. The van der Waals surface area contributed by atoms with Gasteiger partial charge < -0.3 is 0 Å². The number of fused-ring (bicyclic) bond motifs is 6. The molecule has 0 saturated heterocycles. The molecule has 0 atom stereocenters. The Morgan fingerprint density at radius 3 is 1.24 bits per heavy atom. The van der Waals surface area contributed by atoms with Crippen LogP contribution in [-0.4, -0.2) is 0 Å². The van der Waals surface area contributed by atoms with Crippen molar-refractivity contribution in [3.63, 3.8) is 0 Å². The van der Waals surface area contributed by atoms with E-state index in [0.29, 0.717) is 0 Å². The molecule has 0 heterocycles. The Balaban J connectivity index is 0.000000453. The van der Waals surface area contributed by atoms with Crippen LogP contribution in [0.15, 0.2) is 84.9 Å². The van der Waals surface area contributed by atoms with E-state index in [-0.39, 0.29) is 0 Å². The maximum absolute atomic E-state index is 2.39. The van der Waals surface area contributed by atoms with Crippen molar-refractivity contribution in [3.8, 4) is 22.3 Å². The minimum absolute atomic E-state index is 1.05. The van der Waals surface area contributed by atoms with Gasteiger partial charge in [0.25, 0.3) is 0 Å². The highest BCUT2D eigenvalue weighted by Crippen LogP contribution is 2.41. The molecular weight excluding hydrogens is 504 g/mol. The van der Waals surface area contributed by atoms with Crippen LogP contribution in [-0.2, 0) is 25.7 Å². The molecule has 218 valence electrons. The number of hydrogen-bond acceptors (Lipinski definition) is 0. The van der Waals surface area contributed by atoms with Crippen LogP contribution in [0.5, 0.6) is 0 Å². The predicted octanol–water partition coefficient (Wildman–Crippen LogP) is 12.3. The van der Waals surface area contributed by atoms with Crippen molar-refractivity contribution in [3.05, 3.63) is 129 Å². The molecule has 6 rings (SSSR count). The third-order valence-electron chi connectivity index (χ3n) is 8.48. The average Bonchev–Trinajstić information content (AvgIpc) is 3.61. The van der Waals surface area contributed by atoms with Gasteiger partial charge in [-0.3, -0.25) is 0 Å². The first kappa shape index (κ1) is 31.3. The molecule has 0 heteroatoms. The molecular formula is C42H50. The SMILES string of the molecule is CCCC.CCCC.CCc1ccc2c(c1)Cc1cccc(/C=C/C=C/c3cccc4c3-c3ccc(CC)cc3C4)c1-2. The van der Waals surface area contributed by atoms with Gasteiger partial charge in [0.05, 0.1) is 0 Å². The minimum atomic E-state index is 1.05. The van der Waals surface area contributed by atoms with Gasteiger partial charge in [0, 0.05) is 0 Å². The average molecular weight is 555 g/mol. The second-order valence-corrected chi connectivity index (χ2v) is 11.5. The third-order valence-corrected chi connectivity index (χ3v) is 8.48. The van der Waals surface area contributed by atoms with E-state index in [1.807, 2.05) is 0 Å². The zero-order chi connectivity index (χ0) is 29.9. The standard InChI is InChI=1S/C34H30.2C4H10/c1-3-23-15-17-31-29(19-23)21-27-13-7-11-25(33(27)31)9-5-6-10-26-12-8-14-28-22-30-20-24(4-2)16-18-32(30)34(26)28;2*1-3-4-2/h5-20H,3-4,21-22H2,1-2H3;2*3-4H2,1-2H3/b9-5+,10-6+;;. The van der Waals surface area contributed by atoms with Crippen LogP contribution in [0.2, 0.25) is 0 Å². The summed E-state index contributed by atoms with van der Waals surface area (Å²) in [7, 11) is 0. The van der Waals surface area contributed by atoms with Crippen LogP contribution in [0, 0.1) is 0 Å². The summed E-state index contributed by atoms with van der Waals surface area (Å²) < 4.78 is 0. The number of aryl methyl sites for hydroxylation is 2. The van der Waals surface area contributed by atoms with Crippen LogP contribution in [0.4, 0.5) is 0 Å². The first-order valence-electron chi connectivity index (χ1n) is 16.4. The van der Waals surface area contributed by atoms with Gasteiger partial charge in [0.2, 0.25) is 0 Å². The molecule has 0 aromatic heterocycles. The number of rotatable bonds is 7. The highest BCUT2D eigenvalue weighted by atomic mass is 14.3. The smallest absolute Gasteiger partial charge is 0.00131 e. The Labute approximate surface area is 256 Å². The highest BCUT2D eigenvalue weighted by molar-refractivity contribution is 5.86. The summed E-state index contributed by atoms with van der Waals surface area (Å²) in [5, 5.41) is 0. The Kier molecular flexibility index (Phi) is 11.6. The largest absolute Gasteiger partial charge is 0.0654 e. The normalized spacial score (nSPS) is 12.2. The Morgan fingerprint density at radius 2 is 0.881 bits per heavy atom. The Hall–Kier alpha value is -3.64. The first-order valence-corrected chi connectivity index (χ1v) is 16.4. The van der Waals surface area contributed by atoms with Crippen LogP contribution in [0.3, 0.4) is 0 Å². The maximum atomic E-state index is 2.39. The van der Waals surface area contributed by atoms with Crippen molar-refractivity contribution < 1.29 is 0 Å². The minimum Gasteiger partial charge on any atom is -0.0654 e. The summed E-state index contributed by atoms with van der Waals surface area (Å²) in [6, 6.07) is 27.4. The Morgan fingerprint density at radius 1 is 0.476 bits per heavy atom. The van der Waals surface area contributed by atoms with Crippen LogP contribution in [0.25, 0.3) is 34.4 Å². The van der Waals surface area contributed by atoms with E-state index in [1.165, 1.54) is 92.4 Å². The summed E-state index contributed by atoms with van der Waals surface area (Å²) in [5.41, 5.74) is 16.9. The van der Waals surface area contributed by atoms with Crippen LogP contribution in [0.1, 0.15) is 112 Å². The monoisotopic (exact) mass is 554 g/mol. The summed E-state index contributed by atoms with van der Waals surface area (Å²) in [4.78, 5) is 0. The molecule has 42 heavy (non-hydrogen) atoms. The molecule has 2 aliphatic carbocycles. The molecule has 4 aromatic rings. The molecule has 0 amide bonds. The van der Waals surface area contributed by atoms with Crippen molar-refractivity contribution in [1.29, 1.82) is 0 Å². The molecule has 0 radical (unpaired) electrons. The van der Waals surface area contributed by atoms with E-state index < -0.39 is 0 Å². The summed E-state index contributed by atoms with van der Waals surface area (Å²) >= 11 is 0. The fourth-order valence-corrected chi connectivity index (χ4v) is 5.71. The van der Waals surface area contributed by atoms with Crippen molar-refractivity contribution in [2.45, 2.75) is 92.9 Å². The first-order chi connectivity index (χ1) is 20.6. The van der Waals surface area contributed by atoms with Crippen molar-refractivity contribution in [2.75, 3.05) is 0 Å². The van der Waals surface area contributed by atoms with Gasteiger partial charge in [-0.2, -0.15) is 0 Å². The van der Waals surface area contributed by atoms with Gasteiger partial charge in [-0.15, -0.1) is 0 Å². The maximum Gasteiger partial charge on any atom is -0.00131 e. The van der Waals surface area contributed by atoms with Crippen molar-refractivity contribution in [2.24, 2.45) is 0 Å². The number of hydrogen-bond donors (Lipinski definition) is 0. The van der Waals surface area contributed by atoms with E-state index in [4.69, 9.17) is 0 Å². The van der Waals surface area contributed by atoms with Gasteiger partial charge in [-0.25, -0.2) is 0 Å². The lowest BCUT2D eigenvalue weighted by Gasteiger charge is -2.07. The molecule has 0 saturated carbocycles. The lowest BCUT2D eigenvalue weighted by Crippen LogP contribution is -1.85. The molecule has 0 unspecified atom stereocenters. The number of benzene rings is 4. The van der Waals surface area contributed by atoms with Crippen LogP contribution < -0.4 is 0 Å². The molecule has 0 aliphatic heterocycles. The van der Waals surface area contributed by atoms with E-state index in [1.54, 1.807) is 0 Å². The third kappa shape index (κ3) is 7.22. The zero-order valence-corrected chi connectivity index (χ0v) is 26.9. The lowest BCUT2D eigenvalue weighted by atomic mass is 9.97. The molecule has 2 aliphatic rings. The molecule has 0 bridgehead atoms. The van der Waals surface area contributed by atoms with Crippen LogP contribution >= 0.6 is 0 Å². The van der Waals surface area contributed by atoms with E-state index in [0.717, 1.165) is 25.7 Å². The van der Waals surface area contributed by atoms with Gasteiger partial charge in [-0.1, -0.05) is 164 Å². The Bertz CT molecular complexity index is 1410. The fraction of sp³-hybridized carbons (Fsp3) is 0.333. The quantitative estimate of drug-likeness (QED) is 0.172. The van der Waals surface area contributed by atoms with Crippen molar-refractivity contribution >= 4 is 12.2 Å². The number of unbranched alkanes of at least 4 members (excludes halogenated alkanes) is 2. The second kappa shape index (κ2) is 15.5. The fourth-order valence-electron chi connectivity index (χ4n) is 5.71. The second-order valence-electron chi connectivity index (χ2n) is 11.5. The van der Waals surface area contributed by atoms with Gasteiger partial charge >= 0.3 is 0 Å². The van der Waals surface area contributed by atoms with Crippen molar-refractivity contribution in [1.82, 2.24) is 0 Å². The van der Waals surface area contributed by atoms with Gasteiger partial charge in [0.15, 0.2) is 0 Å². The van der Waals surface area contributed by atoms with Gasteiger partial charge in [-0.05, 0) is 92.4 Å². The highest BCUT2D eigenvalue weighted by Gasteiger charge is 2.21. The molecule has 0 fully saturated rings. The van der Waals surface area contributed by atoms with E-state index in [2.05, 4.69) is 139 Å². The van der Waals surface area contributed by atoms with E-state index >= 15 is 0 Å². The van der Waals surface area contributed by atoms with Gasteiger partial charge in [0.1, 0.15) is 0 Å². The molecule has 4 aromatic carbocycles. The predicted molar refractivity (Wildman–Crippen MR) is 187 cm³/mol. The summed E-state index contributed by atoms with van der Waals surface area (Å²) in [6.45, 7) is 13.2. The summed E-state index contributed by atoms with van der Waals surface area (Å²) in [5.74, 6) is 0. The topological polar surface area (TPSA) is 0 Å². The molecule has 0 nitrogen and oxygen atoms in total. The lowest BCUT2D eigenvalue weighted by molar-refractivity contribution is 0.886. The molecule has 0 N–H and O–H groups in total.